The number of rotatable bonds is 4. The number of benzene rings is 1. The van der Waals surface area contributed by atoms with E-state index in [1.807, 2.05) is 12.1 Å². The van der Waals surface area contributed by atoms with Crippen LogP contribution in [-0.4, -0.2) is 10.2 Å². The maximum Gasteiger partial charge on any atom is 0.174 e. The van der Waals surface area contributed by atoms with Gasteiger partial charge in [0.05, 0.1) is 0 Å². The lowest BCUT2D eigenvalue weighted by Gasteiger charge is -2.12. The van der Waals surface area contributed by atoms with Crippen LogP contribution >= 0.6 is 34.7 Å². The van der Waals surface area contributed by atoms with E-state index in [1.54, 1.807) is 28.6 Å². The minimum atomic E-state index is 0.421. The van der Waals surface area contributed by atoms with Crippen molar-refractivity contribution in [1.82, 2.24) is 10.2 Å². The van der Waals surface area contributed by atoms with Gasteiger partial charge in [0.15, 0.2) is 4.34 Å². The third-order valence-corrected chi connectivity index (χ3v) is 4.68. The first-order chi connectivity index (χ1) is 7.79. The second-order valence-corrected chi connectivity index (χ2v) is 5.99. The van der Waals surface area contributed by atoms with Crippen molar-refractivity contribution in [2.45, 2.75) is 22.9 Å². The van der Waals surface area contributed by atoms with Gasteiger partial charge < -0.3 is 0 Å². The molecule has 2 nitrogen and oxygen atoms in total. The maximum atomic E-state index is 5.88. The SMILES string of the molecule is CCC(Sc1nncs1)c1ccc(Cl)cc1. The van der Waals surface area contributed by atoms with Gasteiger partial charge in [0, 0.05) is 10.3 Å². The van der Waals surface area contributed by atoms with Gasteiger partial charge in [-0.3, -0.25) is 0 Å². The minimum Gasteiger partial charge on any atom is -0.146 e. The molecule has 2 aromatic rings. The predicted molar refractivity (Wildman–Crippen MR) is 70.3 cm³/mol. The summed E-state index contributed by atoms with van der Waals surface area (Å²) >= 11 is 9.21. The second-order valence-electron chi connectivity index (χ2n) is 3.27. The molecule has 16 heavy (non-hydrogen) atoms. The van der Waals surface area contributed by atoms with Gasteiger partial charge >= 0.3 is 0 Å². The normalized spacial score (nSPS) is 12.6. The van der Waals surface area contributed by atoms with Gasteiger partial charge in [-0.15, -0.1) is 10.2 Å². The van der Waals surface area contributed by atoms with E-state index in [9.17, 15) is 0 Å². The Labute approximate surface area is 108 Å². The molecule has 0 aliphatic carbocycles. The summed E-state index contributed by atoms with van der Waals surface area (Å²) in [5.74, 6) is 0. The summed E-state index contributed by atoms with van der Waals surface area (Å²) < 4.78 is 1.02. The lowest BCUT2D eigenvalue weighted by molar-refractivity contribution is 0.889. The molecule has 2 rings (SSSR count). The summed E-state index contributed by atoms with van der Waals surface area (Å²) in [7, 11) is 0. The summed E-state index contributed by atoms with van der Waals surface area (Å²) in [5.41, 5.74) is 3.05. The van der Waals surface area contributed by atoms with E-state index in [1.165, 1.54) is 5.56 Å². The van der Waals surface area contributed by atoms with E-state index in [2.05, 4.69) is 29.3 Å². The van der Waals surface area contributed by atoms with Crippen molar-refractivity contribution >= 4 is 34.7 Å². The molecule has 0 amide bonds. The number of hydrogen-bond donors (Lipinski definition) is 0. The van der Waals surface area contributed by atoms with Crippen LogP contribution in [0.25, 0.3) is 0 Å². The topological polar surface area (TPSA) is 25.8 Å². The predicted octanol–water partition coefficient (Wildman–Crippen LogP) is 4.43. The summed E-state index contributed by atoms with van der Waals surface area (Å²) in [6.45, 7) is 2.17. The lowest BCUT2D eigenvalue weighted by atomic mass is 10.1. The van der Waals surface area contributed by atoms with Gasteiger partial charge in [0.1, 0.15) is 5.51 Å². The van der Waals surface area contributed by atoms with E-state index in [4.69, 9.17) is 11.6 Å². The molecule has 1 unspecified atom stereocenters. The van der Waals surface area contributed by atoms with Crippen LogP contribution in [0, 0.1) is 0 Å². The molecular formula is C11H11ClN2S2. The number of aromatic nitrogens is 2. The Balaban J connectivity index is 2.13. The van der Waals surface area contributed by atoms with Gasteiger partial charge in [-0.1, -0.05) is 53.8 Å². The van der Waals surface area contributed by atoms with Gasteiger partial charge in [-0.25, -0.2) is 0 Å². The molecule has 0 bridgehead atoms. The lowest BCUT2D eigenvalue weighted by Crippen LogP contribution is -1.91. The standard InChI is InChI=1S/C11H11ClN2S2/c1-2-10(16-11-14-13-7-15-11)8-3-5-9(12)6-4-8/h3-7,10H,2H2,1H3. The van der Waals surface area contributed by atoms with Gasteiger partial charge in [-0.2, -0.15) is 0 Å². The van der Waals surface area contributed by atoms with Crippen LogP contribution in [0.4, 0.5) is 0 Å². The van der Waals surface area contributed by atoms with Crippen LogP contribution in [0.1, 0.15) is 24.2 Å². The molecule has 84 valence electrons. The Morgan fingerprint density at radius 1 is 1.38 bits per heavy atom. The highest BCUT2D eigenvalue weighted by Gasteiger charge is 2.12. The molecule has 0 saturated carbocycles. The van der Waals surface area contributed by atoms with E-state index >= 15 is 0 Å². The Bertz CT molecular complexity index is 428. The molecule has 0 spiro atoms. The molecular weight excluding hydrogens is 260 g/mol. The summed E-state index contributed by atoms with van der Waals surface area (Å²) in [6, 6.07) is 8.01. The zero-order valence-electron chi connectivity index (χ0n) is 8.76. The molecule has 0 aliphatic heterocycles. The fraction of sp³-hybridized carbons (Fsp3) is 0.273. The molecule has 1 aromatic heterocycles. The van der Waals surface area contributed by atoms with Gasteiger partial charge in [-0.05, 0) is 24.1 Å². The third kappa shape index (κ3) is 2.97. The minimum absolute atomic E-state index is 0.421. The zero-order valence-corrected chi connectivity index (χ0v) is 11.1. The second kappa shape index (κ2) is 5.66. The van der Waals surface area contributed by atoms with Gasteiger partial charge in [0.2, 0.25) is 0 Å². The molecule has 1 atom stereocenters. The Hall–Kier alpha value is -0.580. The van der Waals surface area contributed by atoms with E-state index < -0.39 is 0 Å². The highest BCUT2D eigenvalue weighted by molar-refractivity contribution is 8.01. The largest absolute Gasteiger partial charge is 0.174 e. The Kier molecular flexibility index (Phi) is 4.21. The van der Waals surface area contributed by atoms with Crippen LogP contribution in [0.2, 0.25) is 5.02 Å². The molecule has 5 heteroatoms. The highest BCUT2D eigenvalue weighted by atomic mass is 35.5. The number of nitrogens with zero attached hydrogens (tertiary/aromatic N) is 2. The molecule has 0 N–H and O–H groups in total. The molecule has 0 aliphatic rings. The number of halogens is 1. The van der Waals surface area contributed by atoms with Crippen molar-refractivity contribution in [3.8, 4) is 0 Å². The van der Waals surface area contributed by atoms with Crippen LogP contribution < -0.4 is 0 Å². The molecule has 0 radical (unpaired) electrons. The van der Waals surface area contributed by atoms with Crippen molar-refractivity contribution in [2.24, 2.45) is 0 Å². The van der Waals surface area contributed by atoms with Crippen molar-refractivity contribution in [1.29, 1.82) is 0 Å². The van der Waals surface area contributed by atoms with E-state index in [0.29, 0.717) is 5.25 Å². The quantitative estimate of drug-likeness (QED) is 0.769. The van der Waals surface area contributed by atoms with Gasteiger partial charge in [0.25, 0.3) is 0 Å². The Morgan fingerprint density at radius 3 is 2.69 bits per heavy atom. The van der Waals surface area contributed by atoms with Crippen molar-refractivity contribution < 1.29 is 0 Å². The average molecular weight is 271 g/mol. The highest BCUT2D eigenvalue weighted by Crippen LogP contribution is 2.38. The first-order valence-electron chi connectivity index (χ1n) is 4.98. The monoisotopic (exact) mass is 270 g/mol. The fourth-order valence-electron chi connectivity index (χ4n) is 1.40. The van der Waals surface area contributed by atoms with Crippen molar-refractivity contribution in [3.05, 3.63) is 40.4 Å². The maximum absolute atomic E-state index is 5.88. The summed E-state index contributed by atoms with van der Waals surface area (Å²) in [4.78, 5) is 0. The van der Waals surface area contributed by atoms with E-state index in [-0.39, 0.29) is 0 Å². The van der Waals surface area contributed by atoms with Crippen LogP contribution in [-0.2, 0) is 0 Å². The van der Waals surface area contributed by atoms with E-state index in [0.717, 1.165) is 15.8 Å². The van der Waals surface area contributed by atoms with Crippen molar-refractivity contribution in [3.63, 3.8) is 0 Å². The van der Waals surface area contributed by atoms with Crippen LogP contribution in [0.15, 0.2) is 34.1 Å². The fourth-order valence-corrected chi connectivity index (χ4v) is 3.30. The summed E-state index contributed by atoms with van der Waals surface area (Å²) in [5, 5.41) is 9.10. The first-order valence-corrected chi connectivity index (χ1v) is 7.11. The number of hydrogen-bond acceptors (Lipinski definition) is 4. The summed E-state index contributed by atoms with van der Waals surface area (Å²) in [6.07, 6.45) is 1.06. The molecule has 1 heterocycles. The van der Waals surface area contributed by atoms with Crippen LogP contribution in [0.5, 0.6) is 0 Å². The van der Waals surface area contributed by atoms with Crippen molar-refractivity contribution in [2.75, 3.05) is 0 Å². The molecule has 0 saturated heterocycles. The number of thioether (sulfide) groups is 1. The first kappa shape index (κ1) is 11.9. The Morgan fingerprint density at radius 2 is 2.12 bits per heavy atom. The molecule has 0 fully saturated rings. The molecule has 1 aromatic carbocycles. The smallest absolute Gasteiger partial charge is 0.146 e. The average Bonchev–Trinajstić information content (AvgIpc) is 2.80. The third-order valence-electron chi connectivity index (χ3n) is 2.20. The zero-order chi connectivity index (χ0) is 11.4. The van der Waals surface area contributed by atoms with Crippen LogP contribution in [0.3, 0.4) is 0 Å².